The standard InChI is InChI=1S/C15H17F3O5S/c1-2-10-9(8-14(19)20)6-7-12-11(10)4-3-5-13(12)23-24(21,22)15(16,17)18/h3-5,9-10H,2,6-8H2,1H3,(H,19,20). The third kappa shape index (κ3) is 3.66. The average Bonchev–Trinajstić information content (AvgIpc) is 2.45. The Labute approximate surface area is 137 Å². The Kier molecular flexibility index (Phi) is 5.12. The lowest BCUT2D eigenvalue weighted by Gasteiger charge is -2.33. The number of alkyl halides is 3. The Morgan fingerprint density at radius 2 is 2.04 bits per heavy atom. The number of fused-ring (bicyclic) bond motifs is 1. The van der Waals surface area contributed by atoms with Crippen LogP contribution in [0.5, 0.6) is 5.75 Å². The van der Waals surface area contributed by atoms with Crippen LogP contribution >= 0.6 is 0 Å². The minimum atomic E-state index is -5.74. The largest absolute Gasteiger partial charge is 0.534 e. The molecule has 1 aliphatic carbocycles. The van der Waals surface area contributed by atoms with Crippen LogP contribution in [-0.4, -0.2) is 25.0 Å². The van der Waals surface area contributed by atoms with E-state index in [0.717, 1.165) is 0 Å². The first-order valence-electron chi connectivity index (χ1n) is 7.41. The second kappa shape index (κ2) is 6.62. The van der Waals surface area contributed by atoms with Gasteiger partial charge in [-0.25, -0.2) is 0 Å². The lowest BCUT2D eigenvalue weighted by atomic mass is 9.72. The molecule has 0 saturated carbocycles. The van der Waals surface area contributed by atoms with Gasteiger partial charge in [0.15, 0.2) is 0 Å². The van der Waals surface area contributed by atoms with Crippen molar-refractivity contribution in [2.75, 3.05) is 0 Å². The lowest BCUT2D eigenvalue weighted by Crippen LogP contribution is -2.29. The normalized spacial score (nSPS) is 21.2. The first-order valence-corrected chi connectivity index (χ1v) is 8.82. The van der Waals surface area contributed by atoms with Gasteiger partial charge in [0.2, 0.25) is 0 Å². The molecule has 2 unspecified atom stereocenters. The van der Waals surface area contributed by atoms with Gasteiger partial charge in [-0.2, -0.15) is 21.6 Å². The zero-order valence-electron chi connectivity index (χ0n) is 12.8. The van der Waals surface area contributed by atoms with Gasteiger partial charge >= 0.3 is 21.6 Å². The Morgan fingerprint density at radius 1 is 1.38 bits per heavy atom. The summed E-state index contributed by atoms with van der Waals surface area (Å²) >= 11 is 0. The Hall–Kier alpha value is -1.77. The molecule has 0 heterocycles. The predicted octanol–water partition coefficient (Wildman–Crippen LogP) is 3.45. The number of benzene rings is 1. The third-order valence-electron chi connectivity index (χ3n) is 4.26. The predicted molar refractivity (Wildman–Crippen MR) is 79.1 cm³/mol. The number of hydrogen-bond donors (Lipinski definition) is 1. The van der Waals surface area contributed by atoms with Crippen LogP contribution in [0.15, 0.2) is 18.2 Å². The van der Waals surface area contributed by atoms with Crippen molar-refractivity contribution < 1.29 is 35.7 Å². The summed E-state index contributed by atoms with van der Waals surface area (Å²) in [6, 6.07) is 4.29. The van der Waals surface area contributed by atoms with Crippen LogP contribution in [0.3, 0.4) is 0 Å². The highest BCUT2D eigenvalue weighted by molar-refractivity contribution is 7.88. The van der Waals surface area contributed by atoms with E-state index in [-0.39, 0.29) is 30.4 Å². The topological polar surface area (TPSA) is 80.7 Å². The van der Waals surface area contributed by atoms with E-state index in [1.165, 1.54) is 12.1 Å². The van der Waals surface area contributed by atoms with Crippen molar-refractivity contribution >= 4 is 16.1 Å². The van der Waals surface area contributed by atoms with Crippen molar-refractivity contribution in [2.45, 2.75) is 44.0 Å². The van der Waals surface area contributed by atoms with Gasteiger partial charge in [0.05, 0.1) is 0 Å². The maximum atomic E-state index is 12.5. The fraction of sp³-hybridized carbons (Fsp3) is 0.533. The summed E-state index contributed by atoms with van der Waals surface area (Å²) in [6.07, 6.45) is 1.28. The number of rotatable bonds is 5. The Morgan fingerprint density at radius 3 is 2.58 bits per heavy atom. The van der Waals surface area contributed by atoms with Crippen molar-refractivity contribution in [2.24, 2.45) is 5.92 Å². The maximum absolute atomic E-state index is 12.5. The quantitative estimate of drug-likeness (QED) is 0.638. The van der Waals surface area contributed by atoms with Crippen LogP contribution in [0, 0.1) is 5.92 Å². The Bertz CT molecular complexity index is 727. The van der Waals surface area contributed by atoms with Crippen LogP contribution < -0.4 is 4.18 Å². The molecule has 5 nitrogen and oxygen atoms in total. The van der Waals surface area contributed by atoms with Crippen LogP contribution in [0.25, 0.3) is 0 Å². The van der Waals surface area contributed by atoms with Crippen LogP contribution in [-0.2, 0) is 21.3 Å². The van der Waals surface area contributed by atoms with E-state index in [1.807, 2.05) is 6.92 Å². The van der Waals surface area contributed by atoms with Crippen LogP contribution in [0.4, 0.5) is 13.2 Å². The monoisotopic (exact) mass is 366 g/mol. The van der Waals surface area contributed by atoms with Gasteiger partial charge in [-0.1, -0.05) is 19.1 Å². The maximum Gasteiger partial charge on any atom is 0.534 e. The number of halogens is 3. The van der Waals surface area contributed by atoms with E-state index in [0.29, 0.717) is 24.0 Å². The van der Waals surface area contributed by atoms with Gasteiger partial charge in [0.25, 0.3) is 0 Å². The van der Waals surface area contributed by atoms with Gasteiger partial charge in [-0.05, 0) is 48.3 Å². The number of carbonyl (C=O) groups is 1. The molecule has 0 aliphatic heterocycles. The minimum Gasteiger partial charge on any atom is -0.481 e. The smallest absolute Gasteiger partial charge is 0.481 e. The van der Waals surface area contributed by atoms with Crippen molar-refractivity contribution in [1.29, 1.82) is 0 Å². The molecule has 0 fully saturated rings. The lowest BCUT2D eigenvalue weighted by molar-refractivity contribution is -0.138. The first kappa shape index (κ1) is 18.6. The molecule has 9 heteroatoms. The van der Waals surface area contributed by atoms with E-state index >= 15 is 0 Å². The number of hydrogen-bond acceptors (Lipinski definition) is 4. The molecule has 2 atom stereocenters. The SMILES string of the molecule is CCC1c2cccc(OS(=O)(=O)C(F)(F)F)c2CCC1CC(=O)O. The molecule has 24 heavy (non-hydrogen) atoms. The number of carboxylic acid groups (broad SMARTS) is 1. The summed E-state index contributed by atoms with van der Waals surface area (Å²) < 4.78 is 64.4. The van der Waals surface area contributed by atoms with E-state index in [1.54, 1.807) is 6.07 Å². The molecule has 0 amide bonds. The fourth-order valence-corrected chi connectivity index (χ4v) is 3.73. The number of carboxylic acids is 1. The molecule has 0 bridgehead atoms. The molecule has 0 radical (unpaired) electrons. The van der Waals surface area contributed by atoms with Crippen LogP contribution in [0.2, 0.25) is 0 Å². The van der Waals surface area contributed by atoms with Gasteiger partial charge in [0, 0.05) is 6.42 Å². The highest BCUT2D eigenvalue weighted by Crippen LogP contribution is 2.44. The number of aliphatic carboxylic acids is 1. The third-order valence-corrected chi connectivity index (χ3v) is 5.23. The van der Waals surface area contributed by atoms with Crippen LogP contribution in [0.1, 0.15) is 43.2 Å². The van der Waals surface area contributed by atoms with E-state index in [2.05, 4.69) is 4.18 Å². The van der Waals surface area contributed by atoms with E-state index in [4.69, 9.17) is 5.11 Å². The fourth-order valence-electron chi connectivity index (χ4n) is 3.25. The minimum absolute atomic E-state index is 0.0378. The summed E-state index contributed by atoms with van der Waals surface area (Å²) in [5.41, 5.74) is -4.44. The van der Waals surface area contributed by atoms with Gasteiger partial charge in [-0.15, -0.1) is 0 Å². The zero-order valence-corrected chi connectivity index (χ0v) is 13.7. The first-order chi connectivity index (χ1) is 11.1. The Balaban J connectivity index is 2.39. The summed E-state index contributed by atoms with van der Waals surface area (Å²) in [7, 11) is -5.74. The second-order valence-corrected chi connectivity index (χ2v) is 7.26. The van der Waals surface area contributed by atoms with E-state index < -0.39 is 21.6 Å². The average molecular weight is 366 g/mol. The van der Waals surface area contributed by atoms with Gasteiger partial charge in [0.1, 0.15) is 5.75 Å². The summed E-state index contributed by atoms with van der Waals surface area (Å²) in [5.74, 6) is -1.58. The van der Waals surface area contributed by atoms with Gasteiger partial charge in [-0.3, -0.25) is 4.79 Å². The summed E-state index contributed by atoms with van der Waals surface area (Å²) in [4.78, 5) is 11.0. The molecule has 1 N–H and O–H groups in total. The summed E-state index contributed by atoms with van der Waals surface area (Å²) in [5, 5.41) is 8.99. The molecule has 0 aromatic heterocycles. The molecule has 1 aliphatic rings. The molecule has 2 rings (SSSR count). The molecular weight excluding hydrogens is 349 g/mol. The molecule has 0 spiro atoms. The van der Waals surface area contributed by atoms with Crippen molar-refractivity contribution in [3.63, 3.8) is 0 Å². The molecule has 1 aromatic carbocycles. The highest BCUT2D eigenvalue weighted by atomic mass is 32.2. The van der Waals surface area contributed by atoms with Crippen molar-refractivity contribution in [3.8, 4) is 5.75 Å². The highest BCUT2D eigenvalue weighted by Gasteiger charge is 2.49. The second-order valence-electron chi connectivity index (χ2n) is 5.72. The van der Waals surface area contributed by atoms with Crippen molar-refractivity contribution in [1.82, 2.24) is 0 Å². The molecule has 0 saturated heterocycles. The summed E-state index contributed by atoms with van der Waals surface area (Å²) in [6.45, 7) is 1.86. The molecule has 1 aromatic rings. The molecular formula is C15H17F3O5S. The van der Waals surface area contributed by atoms with Gasteiger partial charge < -0.3 is 9.29 Å². The zero-order chi connectivity index (χ0) is 18.1. The van der Waals surface area contributed by atoms with Crippen molar-refractivity contribution in [3.05, 3.63) is 29.3 Å². The molecule has 134 valence electrons. The van der Waals surface area contributed by atoms with E-state index in [9.17, 15) is 26.4 Å².